The van der Waals surface area contributed by atoms with Crippen molar-refractivity contribution in [3.05, 3.63) is 23.6 Å². The summed E-state index contributed by atoms with van der Waals surface area (Å²) < 4.78 is 5.31. The lowest BCUT2D eigenvalue weighted by Crippen LogP contribution is -2.37. The first-order chi connectivity index (χ1) is 8.83. The summed E-state index contributed by atoms with van der Waals surface area (Å²) in [5, 5.41) is 0.415. The number of aromatic amines is 1. The molecule has 7 heteroatoms. The average molecular weight is 266 g/mol. The van der Waals surface area contributed by atoms with E-state index in [1.807, 2.05) is 0 Å². The van der Waals surface area contributed by atoms with E-state index in [1.54, 1.807) is 18.5 Å². The molecule has 0 aromatic carbocycles. The normalized spacial score (nSPS) is 15.9. The Bertz CT molecular complexity index is 524. The predicted molar refractivity (Wildman–Crippen MR) is 67.7 cm³/mol. The number of halogens is 1. The molecule has 0 aliphatic carbocycles. The van der Waals surface area contributed by atoms with E-state index in [-0.39, 0.29) is 0 Å². The zero-order chi connectivity index (χ0) is 12.4. The van der Waals surface area contributed by atoms with E-state index in [4.69, 9.17) is 16.3 Å². The molecule has 3 heterocycles. The van der Waals surface area contributed by atoms with Crippen LogP contribution < -0.4 is 4.90 Å². The van der Waals surface area contributed by atoms with Crippen LogP contribution in [0.4, 0.5) is 5.95 Å². The molecule has 94 valence electrons. The van der Waals surface area contributed by atoms with Crippen molar-refractivity contribution >= 4 is 17.5 Å². The Balaban J connectivity index is 1.95. The maximum Gasteiger partial charge on any atom is 0.227 e. The molecule has 1 aliphatic heterocycles. The average Bonchev–Trinajstić information content (AvgIpc) is 2.93. The number of ether oxygens (including phenoxy) is 1. The smallest absolute Gasteiger partial charge is 0.227 e. The van der Waals surface area contributed by atoms with E-state index in [0.717, 1.165) is 13.1 Å². The van der Waals surface area contributed by atoms with Crippen molar-refractivity contribution in [3.8, 4) is 11.5 Å². The van der Waals surface area contributed by atoms with Crippen LogP contribution in [0.1, 0.15) is 0 Å². The van der Waals surface area contributed by atoms with Crippen LogP contribution in [-0.4, -0.2) is 46.2 Å². The standard InChI is InChI=1S/C11H12ClN5O/c12-9-7-8(10-13-1-2-14-10)15-11(16-9)17-3-5-18-6-4-17/h1-2,7H,3-6H2,(H,13,14). The molecule has 2 aromatic rings. The van der Waals surface area contributed by atoms with Gasteiger partial charge in [-0.15, -0.1) is 0 Å². The van der Waals surface area contributed by atoms with E-state index >= 15 is 0 Å². The maximum absolute atomic E-state index is 6.04. The van der Waals surface area contributed by atoms with Crippen LogP contribution >= 0.6 is 11.6 Å². The second-order valence-electron chi connectivity index (χ2n) is 3.91. The second kappa shape index (κ2) is 4.91. The van der Waals surface area contributed by atoms with Crippen LogP contribution in [0, 0.1) is 0 Å². The Kier molecular flexibility index (Phi) is 3.12. The van der Waals surface area contributed by atoms with Gasteiger partial charge in [-0.05, 0) is 0 Å². The highest BCUT2D eigenvalue weighted by molar-refractivity contribution is 6.29. The van der Waals surface area contributed by atoms with Crippen molar-refractivity contribution in [2.45, 2.75) is 0 Å². The van der Waals surface area contributed by atoms with Gasteiger partial charge in [0, 0.05) is 31.5 Å². The van der Waals surface area contributed by atoms with Crippen molar-refractivity contribution in [3.63, 3.8) is 0 Å². The SMILES string of the molecule is Clc1cc(-c2ncc[nH]2)nc(N2CCOCC2)n1. The number of anilines is 1. The van der Waals surface area contributed by atoms with Crippen molar-refractivity contribution in [1.29, 1.82) is 0 Å². The molecule has 0 unspecified atom stereocenters. The van der Waals surface area contributed by atoms with Crippen LogP contribution in [0.5, 0.6) is 0 Å². The van der Waals surface area contributed by atoms with Gasteiger partial charge in [-0.2, -0.15) is 0 Å². The summed E-state index contributed by atoms with van der Waals surface area (Å²) in [5.41, 5.74) is 0.696. The Morgan fingerprint density at radius 2 is 2.11 bits per heavy atom. The molecule has 0 saturated carbocycles. The van der Waals surface area contributed by atoms with Crippen LogP contribution in [-0.2, 0) is 4.74 Å². The fourth-order valence-electron chi connectivity index (χ4n) is 1.84. The highest BCUT2D eigenvalue weighted by Gasteiger charge is 2.16. The van der Waals surface area contributed by atoms with Crippen LogP contribution in [0.2, 0.25) is 5.15 Å². The molecule has 6 nitrogen and oxygen atoms in total. The number of rotatable bonds is 2. The first-order valence-corrected chi connectivity index (χ1v) is 6.08. The number of nitrogens with one attached hydrogen (secondary N) is 1. The molecule has 2 aromatic heterocycles. The third-order valence-electron chi connectivity index (χ3n) is 2.72. The number of aromatic nitrogens is 4. The van der Waals surface area contributed by atoms with E-state index in [1.165, 1.54) is 0 Å². The molecule has 0 spiro atoms. The quantitative estimate of drug-likeness (QED) is 0.831. The van der Waals surface area contributed by atoms with Gasteiger partial charge in [-0.25, -0.2) is 15.0 Å². The summed E-state index contributed by atoms with van der Waals surface area (Å²) in [4.78, 5) is 18.0. The van der Waals surface area contributed by atoms with Gasteiger partial charge in [-0.1, -0.05) is 11.6 Å². The largest absolute Gasteiger partial charge is 0.378 e. The third-order valence-corrected chi connectivity index (χ3v) is 2.91. The van der Waals surface area contributed by atoms with Crippen molar-refractivity contribution < 1.29 is 4.74 Å². The number of H-pyrrole nitrogens is 1. The Morgan fingerprint density at radius 1 is 1.28 bits per heavy atom. The van der Waals surface area contributed by atoms with Crippen LogP contribution in [0.3, 0.4) is 0 Å². The van der Waals surface area contributed by atoms with Gasteiger partial charge < -0.3 is 14.6 Å². The molecule has 1 saturated heterocycles. The van der Waals surface area contributed by atoms with Crippen molar-refractivity contribution in [2.24, 2.45) is 0 Å². The minimum absolute atomic E-state index is 0.415. The van der Waals surface area contributed by atoms with E-state index in [0.29, 0.717) is 35.8 Å². The lowest BCUT2D eigenvalue weighted by Gasteiger charge is -2.26. The van der Waals surface area contributed by atoms with Gasteiger partial charge in [-0.3, -0.25) is 0 Å². The van der Waals surface area contributed by atoms with Gasteiger partial charge in [0.05, 0.1) is 13.2 Å². The minimum atomic E-state index is 0.415. The van der Waals surface area contributed by atoms with Crippen molar-refractivity contribution in [1.82, 2.24) is 19.9 Å². The van der Waals surface area contributed by atoms with Gasteiger partial charge >= 0.3 is 0 Å². The topological polar surface area (TPSA) is 66.9 Å². The van der Waals surface area contributed by atoms with Crippen LogP contribution in [0.25, 0.3) is 11.5 Å². The Morgan fingerprint density at radius 3 is 2.83 bits per heavy atom. The minimum Gasteiger partial charge on any atom is -0.378 e. The zero-order valence-corrected chi connectivity index (χ0v) is 10.4. The number of morpholine rings is 1. The Hall–Kier alpha value is -1.66. The van der Waals surface area contributed by atoms with Gasteiger partial charge in [0.1, 0.15) is 10.8 Å². The number of hydrogen-bond donors (Lipinski definition) is 1. The monoisotopic (exact) mass is 265 g/mol. The number of nitrogens with zero attached hydrogens (tertiary/aromatic N) is 4. The molecule has 3 rings (SSSR count). The van der Waals surface area contributed by atoms with Crippen molar-refractivity contribution in [2.75, 3.05) is 31.2 Å². The maximum atomic E-state index is 6.04. The zero-order valence-electron chi connectivity index (χ0n) is 9.64. The molecular weight excluding hydrogens is 254 g/mol. The summed E-state index contributed by atoms with van der Waals surface area (Å²) in [6.45, 7) is 2.92. The molecule has 0 radical (unpaired) electrons. The summed E-state index contributed by atoms with van der Waals surface area (Å²) >= 11 is 6.04. The lowest BCUT2D eigenvalue weighted by atomic mass is 10.4. The molecule has 0 amide bonds. The second-order valence-corrected chi connectivity index (χ2v) is 4.30. The highest BCUT2D eigenvalue weighted by Crippen LogP contribution is 2.20. The van der Waals surface area contributed by atoms with E-state index < -0.39 is 0 Å². The first-order valence-electron chi connectivity index (χ1n) is 5.70. The van der Waals surface area contributed by atoms with Gasteiger partial charge in [0.2, 0.25) is 5.95 Å². The summed E-state index contributed by atoms with van der Waals surface area (Å²) in [6, 6.07) is 1.70. The first kappa shape index (κ1) is 11.4. The summed E-state index contributed by atoms with van der Waals surface area (Å²) in [5.74, 6) is 1.31. The highest BCUT2D eigenvalue weighted by atomic mass is 35.5. The van der Waals surface area contributed by atoms with Gasteiger partial charge in [0.25, 0.3) is 0 Å². The predicted octanol–water partition coefficient (Wildman–Crippen LogP) is 1.36. The fraction of sp³-hybridized carbons (Fsp3) is 0.364. The fourth-order valence-corrected chi connectivity index (χ4v) is 2.02. The summed E-state index contributed by atoms with van der Waals surface area (Å²) in [6.07, 6.45) is 3.43. The molecule has 1 N–H and O–H groups in total. The summed E-state index contributed by atoms with van der Waals surface area (Å²) in [7, 11) is 0. The molecule has 1 aliphatic rings. The molecule has 1 fully saturated rings. The third kappa shape index (κ3) is 2.30. The van der Waals surface area contributed by atoms with Crippen LogP contribution in [0.15, 0.2) is 18.5 Å². The molecule has 0 atom stereocenters. The van der Waals surface area contributed by atoms with Gasteiger partial charge in [0.15, 0.2) is 5.82 Å². The lowest BCUT2D eigenvalue weighted by molar-refractivity contribution is 0.122. The van der Waals surface area contributed by atoms with E-state index in [9.17, 15) is 0 Å². The van der Waals surface area contributed by atoms with E-state index in [2.05, 4.69) is 24.8 Å². The number of hydrogen-bond acceptors (Lipinski definition) is 5. The molecular formula is C11H12ClN5O. The molecule has 0 bridgehead atoms. The Labute approximate surface area is 109 Å². The molecule has 18 heavy (non-hydrogen) atoms. The number of imidazole rings is 1.